The topological polar surface area (TPSA) is 65.4 Å². The third kappa shape index (κ3) is 4.03. The fourth-order valence-corrected chi connectivity index (χ4v) is 4.04. The van der Waals surface area contributed by atoms with E-state index >= 15 is 0 Å². The number of hydrogen-bond acceptors (Lipinski definition) is 4. The predicted octanol–water partition coefficient (Wildman–Crippen LogP) is 3.84. The number of imidazole rings is 1. The zero-order chi connectivity index (χ0) is 21.1. The van der Waals surface area contributed by atoms with Gasteiger partial charge in [0, 0.05) is 31.1 Å². The summed E-state index contributed by atoms with van der Waals surface area (Å²) in [5, 5.41) is 3.17. The van der Waals surface area contributed by atoms with E-state index in [1.165, 1.54) is 24.0 Å². The van der Waals surface area contributed by atoms with Gasteiger partial charge < -0.3 is 19.4 Å². The molecule has 0 bridgehead atoms. The van der Waals surface area contributed by atoms with Gasteiger partial charge in [0.25, 0.3) is 5.91 Å². The van der Waals surface area contributed by atoms with E-state index in [0.717, 1.165) is 24.2 Å². The summed E-state index contributed by atoms with van der Waals surface area (Å²) in [6, 6.07) is 11.2. The smallest absolute Gasteiger partial charge is 0.252 e. The minimum atomic E-state index is -0.447. The molecule has 1 unspecified atom stereocenters. The second kappa shape index (κ2) is 8.61. The van der Waals surface area contributed by atoms with Crippen molar-refractivity contribution in [2.75, 3.05) is 14.2 Å². The highest BCUT2D eigenvalue weighted by molar-refractivity contribution is 5.95. The van der Waals surface area contributed by atoms with Crippen molar-refractivity contribution in [3.8, 4) is 11.5 Å². The first kappa shape index (κ1) is 20.0. The average molecular weight is 405 g/mol. The van der Waals surface area contributed by atoms with Crippen molar-refractivity contribution in [1.29, 1.82) is 0 Å². The van der Waals surface area contributed by atoms with Crippen LogP contribution >= 0.6 is 0 Å². The van der Waals surface area contributed by atoms with Crippen LogP contribution in [-0.4, -0.2) is 29.7 Å². The van der Waals surface area contributed by atoms with Crippen LogP contribution in [0.4, 0.5) is 0 Å². The monoisotopic (exact) mass is 405 g/mol. The number of benzene rings is 2. The number of rotatable bonds is 6. The number of hydrogen-bond donors (Lipinski definition) is 1. The Morgan fingerprint density at radius 2 is 1.73 bits per heavy atom. The SMILES string of the molecule is COc1cc(OC)cc(C(NC(=O)c2ccc3c(c2)CCCC3)c2nccn2C)c1. The van der Waals surface area contributed by atoms with Gasteiger partial charge in [0.2, 0.25) is 0 Å². The van der Waals surface area contributed by atoms with Crippen molar-refractivity contribution in [2.45, 2.75) is 31.7 Å². The molecule has 0 radical (unpaired) electrons. The van der Waals surface area contributed by atoms with Gasteiger partial charge in [0.1, 0.15) is 23.4 Å². The van der Waals surface area contributed by atoms with Gasteiger partial charge >= 0.3 is 0 Å². The second-order valence-corrected chi connectivity index (χ2v) is 7.64. The molecule has 1 aromatic heterocycles. The van der Waals surface area contributed by atoms with Crippen molar-refractivity contribution in [3.63, 3.8) is 0 Å². The Bertz CT molecular complexity index is 1040. The number of nitrogens with zero attached hydrogens (tertiary/aromatic N) is 2. The van der Waals surface area contributed by atoms with Crippen LogP contribution in [0.3, 0.4) is 0 Å². The normalized spacial score (nSPS) is 14.0. The van der Waals surface area contributed by atoms with Crippen LogP contribution in [0, 0.1) is 0 Å². The highest BCUT2D eigenvalue weighted by Gasteiger charge is 2.23. The number of carbonyl (C=O) groups is 1. The van der Waals surface area contributed by atoms with Crippen molar-refractivity contribution in [3.05, 3.63) is 76.9 Å². The largest absolute Gasteiger partial charge is 0.497 e. The fourth-order valence-electron chi connectivity index (χ4n) is 4.04. The molecular formula is C24H27N3O3. The van der Waals surface area contributed by atoms with Gasteiger partial charge in [0.15, 0.2) is 0 Å². The minimum Gasteiger partial charge on any atom is -0.497 e. The molecule has 4 rings (SSSR count). The lowest BCUT2D eigenvalue weighted by atomic mass is 9.90. The van der Waals surface area contributed by atoms with Crippen LogP contribution in [0.5, 0.6) is 11.5 Å². The maximum atomic E-state index is 13.2. The Kier molecular flexibility index (Phi) is 5.74. The van der Waals surface area contributed by atoms with Gasteiger partial charge in [-0.05, 0) is 66.6 Å². The lowest BCUT2D eigenvalue weighted by molar-refractivity contribution is 0.0941. The van der Waals surface area contributed by atoms with Gasteiger partial charge in [-0.3, -0.25) is 4.79 Å². The Morgan fingerprint density at radius 1 is 1.03 bits per heavy atom. The summed E-state index contributed by atoms with van der Waals surface area (Å²) in [5.74, 6) is 1.92. The molecule has 1 amide bonds. The van der Waals surface area contributed by atoms with Gasteiger partial charge in [0.05, 0.1) is 14.2 Å². The van der Waals surface area contributed by atoms with Crippen LogP contribution in [-0.2, 0) is 19.9 Å². The third-order valence-electron chi connectivity index (χ3n) is 5.71. The Hall–Kier alpha value is -3.28. The Balaban J connectivity index is 1.69. The molecule has 1 aliphatic rings. The average Bonchev–Trinajstić information content (AvgIpc) is 3.21. The summed E-state index contributed by atoms with van der Waals surface area (Å²) in [6.07, 6.45) is 8.12. The summed E-state index contributed by atoms with van der Waals surface area (Å²) in [5.41, 5.74) is 4.15. The van der Waals surface area contributed by atoms with Gasteiger partial charge in [-0.25, -0.2) is 4.98 Å². The maximum Gasteiger partial charge on any atom is 0.252 e. The molecule has 0 saturated carbocycles. The highest BCUT2D eigenvalue weighted by atomic mass is 16.5. The van der Waals surface area contributed by atoms with Crippen molar-refractivity contribution < 1.29 is 14.3 Å². The molecule has 1 atom stereocenters. The third-order valence-corrected chi connectivity index (χ3v) is 5.71. The molecule has 3 aromatic rings. The molecule has 0 saturated heterocycles. The van der Waals surface area contributed by atoms with Crippen LogP contribution in [0.1, 0.15) is 51.8 Å². The van der Waals surface area contributed by atoms with Gasteiger partial charge in [-0.1, -0.05) is 6.07 Å². The molecule has 156 valence electrons. The highest BCUT2D eigenvalue weighted by Crippen LogP contribution is 2.30. The molecule has 2 aromatic carbocycles. The second-order valence-electron chi connectivity index (χ2n) is 7.64. The van der Waals surface area contributed by atoms with E-state index in [0.29, 0.717) is 17.1 Å². The van der Waals surface area contributed by atoms with Crippen molar-refractivity contribution in [1.82, 2.24) is 14.9 Å². The van der Waals surface area contributed by atoms with Gasteiger partial charge in [-0.15, -0.1) is 0 Å². The van der Waals surface area contributed by atoms with E-state index in [2.05, 4.69) is 16.4 Å². The standard InChI is InChI=1S/C24H27N3O3/c1-27-11-10-25-23(27)22(19-13-20(29-2)15-21(14-19)30-3)26-24(28)18-9-8-16-6-4-5-7-17(16)12-18/h8-15,22H,4-7H2,1-3H3,(H,26,28). The quantitative estimate of drug-likeness (QED) is 0.677. The van der Waals surface area contributed by atoms with E-state index < -0.39 is 6.04 Å². The lowest BCUT2D eigenvalue weighted by Gasteiger charge is -2.21. The lowest BCUT2D eigenvalue weighted by Crippen LogP contribution is -2.31. The number of aromatic nitrogens is 2. The number of aryl methyl sites for hydroxylation is 3. The zero-order valence-corrected chi connectivity index (χ0v) is 17.6. The first-order valence-corrected chi connectivity index (χ1v) is 10.2. The molecule has 0 spiro atoms. The van der Waals surface area contributed by atoms with Crippen LogP contribution in [0.25, 0.3) is 0 Å². The molecule has 6 nitrogen and oxygen atoms in total. The van der Waals surface area contributed by atoms with Crippen molar-refractivity contribution in [2.24, 2.45) is 7.05 Å². The van der Waals surface area contributed by atoms with Crippen LogP contribution in [0.15, 0.2) is 48.8 Å². The van der Waals surface area contributed by atoms with Crippen LogP contribution < -0.4 is 14.8 Å². The molecule has 1 N–H and O–H groups in total. The van der Waals surface area contributed by atoms with E-state index in [1.54, 1.807) is 20.4 Å². The number of ether oxygens (including phenoxy) is 2. The number of carbonyl (C=O) groups excluding carboxylic acids is 1. The molecule has 0 aliphatic heterocycles. The first-order valence-electron chi connectivity index (χ1n) is 10.2. The summed E-state index contributed by atoms with van der Waals surface area (Å²) in [4.78, 5) is 17.7. The molecular weight excluding hydrogens is 378 g/mol. The molecule has 30 heavy (non-hydrogen) atoms. The number of fused-ring (bicyclic) bond motifs is 1. The van der Waals surface area contributed by atoms with Crippen LogP contribution in [0.2, 0.25) is 0 Å². The van der Waals surface area contributed by atoms with E-state index in [4.69, 9.17) is 9.47 Å². The number of methoxy groups -OCH3 is 2. The van der Waals surface area contributed by atoms with E-state index in [9.17, 15) is 4.79 Å². The molecule has 1 aliphatic carbocycles. The first-order chi connectivity index (χ1) is 14.6. The molecule has 6 heteroatoms. The summed E-state index contributed by atoms with van der Waals surface area (Å²) < 4.78 is 12.8. The summed E-state index contributed by atoms with van der Waals surface area (Å²) >= 11 is 0. The minimum absolute atomic E-state index is 0.127. The summed E-state index contributed by atoms with van der Waals surface area (Å²) in [7, 11) is 5.14. The zero-order valence-electron chi connectivity index (χ0n) is 17.6. The predicted molar refractivity (Wildman–Crippen MR) is 115 cm³/mol. The Labute approximate surface area is 176 Å². The van der Waals surface area contributed by atoms with Crippen molar-refractivity contribution >= 4 is 5.91 Å². The summed E-state index contributed by atoms with van der Waals surface area (Å²) in [6.45, 7) is 0. The van der Waals surface area contributed by atoms with E-state index in [-0.39, 0.29) is 5.91 Å². The molecule has 0 fully saturated rings. The fraction of sp³-hybridized carbons (Fsp3) is 0.333. The van der Waals surface area contributed by atoms with Gasteiger partial charge in [-0.2, -0.15) is 0 Å². The van der Waals surface area contributed by atoms with E-state index in [1.807, 2.05) is 48.1 Å². The maximum absolute atomic E-state index is 13.2. The number of nitrogens with one attached hydrogen (secondary N) is 1. The molecule has 1 heterocycles. The Morgan fingerprint density at radius 3 is 2.37 bits per heavy atom. The number of amides is 1.